The van der Waals surface area contributed by atoms with Crippen LogP contribution in [0.1, 0.15) is 12.5 Å². The minimum absolute atomic E-state index is 0.0201. The van der Waals surface area contributed by atoms with Crippen LogP contribution >= 0.6 is 0 Å². The van der Waals surface area contributed by atoms with Gasteiger partial charge in [-0.25, -0.2) is 4.99 Å². The minimum Gasteiger partial charge on any atom is -0.351 e. The number of para-hydroxylation sites is 1. The third kappa shape index (κ3) is 2.16. The Hall–Kier alpha value is -2.82. The number of aryl methyl sites for hydroxylation is 1. The predicted octanol–water partition coefficient (Wildman–Crippen LogP) is 2.86. The molecule has 2 aliphatic rings. The van der Waals surface area contributed by atoms with Gasteiger partial charge in [0.05, 0.1) is 12.0 Å². The van der Waals surface area contributed by atoms with Crippen LogP contribution in [0.15, 0.2) is 65.7 Å². The van der Waals surface area contributed by atoms with E-state index in [1.54, 1.807) is 6.34 Å². The number of nitrogens with zero attached hydrogens (tertiary/aromatic N) is 4. The van der Waals surface area contributed by atoms with Crippen molar-refractivity contribution in [2.45, 2.75) is 26.2 Å². The van der Waals surface area contributed by atoms with E-state index in [1.807, 2.05) is 30.7 Å². The lowest BCUT2D eigenvalue weighted by Crippen LogP contribution is -2.38. The molecular formula is C18H19N5. The van der Waals surface area contributed by atoms with Gasteiger partial charge >= 0.3 is 0 Å². The maximum Gasteiger partial charge on any atom is 0.167 e. The van der Waals surface area contributed by atoms with Crippen molar-refractivity contribution in [3.8, 4) is 0 Å². The first kappa shape index (κ1) is 13.8. The van der Waals surface area contributed by atoms with Crippen molar-refractivity contribution < 1.29 is 0 Å². The first-order valence-corrected chi connectivity index (χ1v) is 7.78. The molecule has 0 aliphatic carbocycles. The van der Waals surface area contributed by atoms with Gasteiger partial charge in [-0.2, -0.15) is 0 Å². The van der Waals surface area contributed by atoms with E-state index in [-0.39, 0.29) is 12.3 Å². The van der Waals surface area contributed by atoms with Crippen molar-refractivity contribution >= 4 is 17.7 Å². The molecular weight excluding hydrogens is 286 g/mol. The second-order valence-electron chi connectivity index (χ2n) is 5.79. The molecule has 1 aromatic heterocycles. The van der Waals surface area contributed by atoms with Crippen LogP contribution in [0.4, 0.5) is 11.4 Å². The molecule has 0 spiro atoms. The molecule has 0 bridgehead atoms. The fourth-order valence-corrected chi connectivity index (χ4v) is 3.39. The molecule has 0 amide bonds. The standard InChI is InChI=1S/C18H19N5/c1-13-5-3-4-6-16(13)23-14(2)22(15-7-9-19-10-8-15)18-17(23)11-20-12-21-18/h3-12,14,18H,1-2H3,(H,20,21). The summed E-state index contributed by atoms with van der Waals surface area (Å²) >= 11 is 0. The number of hydrogen-bond acceptors (Lipinski definition) is 5. The van der Waals surface area contributed by atoms with Gasteiger partial charge in [-0.05, 0) is 37.6 Å². The highest BCUT2D eigenvalue weighted by atomic mass is 15.5. The summed E-state index contributed by atoms with van der Waals surface area (Å²) in [6.45, 7) is 4.35. The first-order chi connectivity index (χ1) is 11.3. The van der Waals surface area contributed by atoms with E-state index >= 15 is 0 Å². The Balaban J connectivity index is 1.83. The SMILES string of the molecule is Cc1ccccc1N1C2=CNC=NC2N(c2ccncc2)C1C. The lowest BCUT2D eigenvalue weighted by Gasteiger charge is -2.30. The van der Waals surface area contributed by atoms with Crippen LogP contribution in [-0.4, -0.2) is 23.7 Å². The van der Waals surface area contributed by atoms with E-state index in [0.717, 1.165) is 11.4 Å². The van der Waals surface area contributed by atoms with Crippen LogP contribution in [-0.2, 0) is 0 Å². The van der Waals surface area contributed by atoms with Crippen LogP contribution in [0.5, 0.6) is 0 Å². The smallest absolute Gasteiger partial charge is 0.167 e. The topological polar surface area (TPSA) is 43.8 Å². The van der Waals surface area contributed by atoms with E-state index in [4.69, 9.17) is 0 Å². The molecule has 2 unspecified atom stereocenters. The average Bonchev–Trinajstić information content (AvgIpc) is 2.88. The van der Waals surface area contributed by atoms with Crippen molar-refractivity contribution in [1.29, 1.82) is 0 Å². The molecule has 5 nitrogen and oxygen atoms in total. The maximum atomic E-state index is 4.66. The van der Waals surface area contributed by atoms with E-state index in [1.165, 1.54) is 11.3 Å². The van der Waals surface area contributed by atoms with Gasteiger partial charge < -0.3 is 15.1 Å². The average molecular weight is 305 g/mol. The van der Waals surface area contributed by atoms with E-state index < -0.39 is 0 Å². The molecule has 4 rings (SSSR count). The summed E-state index contributed by atoms with van der Waals surface area (Å²) in [5.74, 6) is 0. The Kier molecular flexibility index (Phi) is 3.26. The normalized spacial score (nSPS) is 22.6. The largest absolute Gasteiger partial charge is 0.351 e. The third-order valence-corrected chi connectivity index (χ3v) is 4.44. The summed E-state index contributed by atoms with van der Waals surface area (Å²) < 4.78 is 0. The number of rotatable bonds is 2. The summed E-state index contributed by atoms with van der Waals surface area (Å²) in [5, 5.41) is 3.13. The van der Waals surface area contributed by atoms with Gasteiger partial charge in [-0.1, -0.05) is 18.2 Å². The quantitative estimate of drug-likeness (QED) is 0.926. The minimum atomic E-state index is -0.0201. The van der Waals surface area contributed by atoms with Gasteiger partial charge in [0.2, 0.25) is 0 Å². The summed E-state index contributed by atoms with van der Waals surface area (Å²) in [7, 11) is 0. The molecule has 0 saturated carbocycles. The van der Waals surface area contributed by atoms with Crippen LogP contribution in [0, 0.1) is 6.92 Å². The highest BCUT2D eigenvalue weighted by Gasteiger charge is 2.42. The fourth-order valence-electron chi connectivity index (χ4n) is 3.39. The summed E-state index contributed by atoms with van der Waals surface area (Å²) in [4.78, 5) is 13.5. The fraction of sp³-hybridized carbons (Fsp3) is 0.222. The van der Waals surface area contributed by atoms with Crippen molar-refractivity contribution in [1.82, 2.24) is 10.3 Å². The Labute approximate surface area is 136 Å². The van der Waals surface area contributed by atoms with Crippen LogP contribution in [0.2, 0.25) is 0 Å². The molecule has 1 fully saturated rings. The third-order valence-electron chi connectivity index (χ3n) is 4.44. The zero-order valence-electron chi connectivity index (χ0n) is 13.2. The monoisotopic (exact) mass is 305 g/mol. The molecule has 23 heavy (non-hydrogen) atoms. The van der Waals surface area contributed by atoms with Crippen LogP contribution in [0.25, 0.3) is 0 Å². The molecule has 1 saturated heterocycles. The Morgan fingerprint density at radius 3 is 2.65 bits per heavy atom. The number of fused-ring (bicyclic) bond motifs is 1. The molecule has 2 aliphatic heterocycles. The van der Waals surface area contributed by atoms with Gasteiger partial charge in [0.15, 0.2) is 6.17 Å². The molecule has 0 radical (unpaired) electrons. The Bertz CT molecular complexity index is 768. The van der Waals surface area contributed by atoms with Crippen molar-refractivity contribution in [2.75, 3.05) is 9.80 Å². The number of pyridine rings is 1. The zero-order valence-corrected chi connectivity index (χ0v) is 13.2. The molecule has 116 valence electrons. The van der Waals surface area contributed by atoms with Gasteiger partial charge in [-0.15, -0.1) is 0 Å². The number of aliphatic imine (C=N–C) groups is 1. The number of aromatic nitrogens is 1. The lowest BCUT2D eigenvalue weighted by molar-refractivity contribution is 0.682. The lowest BCUT2D eigenvalue weighted by atomic mass is 10.1. The first-order valence-electron chi connectivity index (χ1n) is 7.78. The van der Waals surface area contributed by atoms with Gasteiger partial charge in [0.1, 0.15) is 6.17 Å². The van der Waals surface area contributed by atoms with Gasteiger partial charge in [-0.3, -0.25) is 4.98 Å². The second-order valence-corrected chi connectivity index (χ2v) is 5.79. The second kappa shape index (κ2) is 5.43. The molecule has 1 N–H and O–H groups in total. The van der Waals surface area contributed by atoms with E-state index in [0.29, 0.717) is 0 Å². The highest BCUT2D eigenvalue weighted by molar-refractivity contribution is 5.71. The van der Waals surface area contributed by atoms with E-state index in [9.17, 15) is 0 Å². The molecule has 2 atom stereocenters. The molecule has 3 heterocycles. The number of nitrogens with one attached hydrogen (secondary N) is 1. The molecule has 1 aromatic carbocycles. The van der Waals surface area contributed by atoms with Crippen LogP contribution < -0.4 is 15.1 Å². The Morgan fingerprint density at radius 2 is 1.87 bits per heavy atom. The van der Waals surface area contributed by atoms with Gasteiger partial charge in [0.25, 0.3) is 0 Å². The van der Waals surface area contributed by atoms with Crippen molar-refractivity contribution in [3.05, 3.63) is 66.3 Å². The highest BCUT2D eigenvalue weighted by Crippen LogP contribution is 2.39. The zero-order chi connectivity index (χ0) is 15.8. The number of anilines is 2. The molecule has 2 aromatic rings. The summed E-state index contributed by atoms with van der Waals surface area (Å²) in [6, 6.07) is 12.5. The molecule has 5 heteroatoms. The Morgan fingerprint density at radius 1 is 1.09 bits per heavy atom. The van der Waals surface area contributed by atoms with E-state index in [2.05, 4.69) is 63.2 Å². The van der Waals surface area contributed by atoms with Gasteiger partial charge in [0, 0.05) is 30.0 Å². The predicted molar refractivity (Wildman–Crippen MR) is 93.3 cm³/mol. The van der Waals surface area contributed by atoms with Crippen molar-refractivity contribution in [3.63, 3.8) is 0 Å². The maximum absolute atomic E-state index is 4.66. The number of hydrogen-bond donors (Lipinski definition) is 1. The van der Waals surface area contributed by atoms with Crippen LogP contribution in [0.3, 0.4) is 0 Å². The summed E-state index contributed by atoms with van der Waals surface area (Å²) in [5.41, 5.74) is 4.75. The number of benzene rings is 1. The summed E-state index contributed by atoms with van der Waals surface area (Å²) in [6.07, 6.45) is 7.59. The van der Waals surface area contributed by atoms with Crippen molar-refractivity contribution in [2.24, 2.45) is 4.99 Å².